The van der Waals surface area contributed by atoms with Crippen molar-refractivity contribution in [3.63, 3.8) is 0 Å². The standard InChI is InChI=1S/C14H24N2OS/c1-11-7-8-12(18-11)13(16-15)14(17-2)9-5-3-4-6-10-14/h7-8,13,16H,3-6,9-10,15H2,1-2H3. The van der Waals surface area contributed by atoms with Gasteiger partial charge in [0.25, 0.3) is 0 Å². The van der Waals surface area contributed by atoms with E-state index in [-0.39, 0.29) is 11.6 Å². The first-order chi connectivity index (χ1) is 8.72. The maximum atomic E-state index is 5.94. The van der Waals surface area contributed by atoms with Gasteiger partial charge in [-0.1, -0.05) is 25.7 Å². The molecule has 1 atom stereocenters. The zero-order valence-corrected chi connectivity index (χ0v) is 12.2. The normalized spacial score (nSPS) is 21.5. The number of hydrazine groups is 1. The monoisotopic (exact) mass is 268 g/mol. The fraction of sp³-hybridized carbons (Fsp3) is 0.714. The van der Waals surface area contributed by atoms with Gasteiger partial charge >= 0.3 is 0 Å². The van der Waals surface area contributed by atoms with E-state index in [1.807, 2.05) is 18.4 Å². The minimum absolute atomic E-state index is 0.110. The van der Waals surface area contributed by atoms with Crippen molar-refractivity contribution >= 4 is 11.3 Å². The zero-order chi connectivity index (χ0) is 13.0. The molecule has 0 saturated heterocycles. The van der Waals surface area contributed by atoms with Gasteiger partial charge in [-0.2, -0.15) is 0 Å². The van der Waals surface area contributed by atoms with Crippen molar-refractivity contribution < 1.29 is 4.74 Å². The largest absolute Gasteiger partial charge is 0.376 e. The Morgan fingerprint density at radius 1 is 1.28 bits per heavy atom. The Kier molecular flexibility index (Phi) is 4.78. The Labute approximate surface area is 114 Å². The first kappa shape index (κ1) is 14.0. The molecular formula is C14H24N2OS. The molecule has 4 heteroatoms. The molecule has 1 heterocycles. The molecule has 1 aromatic heterocycles. The lowest BCUT2D eigenvalue weighted by Gasteiger charge is -2.38. The second kappa shape index (κ2) is 6.15. The Hall–Kier alpha value is -0.420. The summed E-state index contributed by atoms with van der Waals surface area (Å²) in [5.74, 6) is 5.83. The van der Waals surface area contributed by atoms with Crippen LogP contribution in [-0.4, -0.2) is 12.7 Å². The summed E-state index contributed by atoms with van der Waals surface area (Å²) in [6.07, 6.45) is 7.27. The second-order valence-corrected chi connectivity index (χ2v) is 6.55. The first-order valence-corrected chi connectivity index (χ1v) is 7.61. The molecule has 1 aliphatic rings. The van der Waals surface area contributed by atoms with Crippen LogP contribution < -0.4 is 11.3 Å². The first-order valence-electron chi connectivity index (χ1n) is 6.79. The van der Waals surface area contributed by atoms with Gasteiger partial charge in [-0.3, -0.25) is 5.84 Å². The summed E-state index contributed by atoms with van der Waals surface area (Å²) in [5.41, 5.74) is 2.87. The molecule has 0 spiro atoms. The highest BCUT2D eigenvalue weighted by Crippen LogP contribution is 2.41. The molecule has 1 fully saturated rings. The molecule has 18 heavy (non-hydrogen) atoms. The third kappa shape index (κ3) is 2.77. The van der Waals surface area contributed by atoms with Crippen LogP contribution in [0.15, 0.2) is 12.1 Å². The average Bonchev–Trinajstić information content (AvgIpc) is 2.66. The smallest absolute Gasteiger partial charge is 0.0893 e. The van der Waals surface area contributed by atoms with Crippen LogP contribution >= 0.6 is 11.3 Å². The summed E-state index contributed by atoms with van der Waals surface area (Å²) in [6.45, 7) is 2.13. The van der Waals surface area contributed by atoms with E-state index in [1.165, 1.54) is 35.4 Å². The molecule has 1 aliphatic carbocycles. The number of ether oxygens (including phenoxy) is 1. The highest BCUT2D eigenvalue weighted by atomic mass is 32.1. The average molecular weight is 268 g/mol. The van der Waals surface area contributed by atoms with Crippen molar-refractivity contribution in [1.82, 2.24) is 5.43 Å². The summed E-state index contributed by atoms with van der Waals surface area (Å²) in [6, 6.07) is 4.44. The van der Waals surface area contributed by atoms with E-state index in [0.717, 1.165) is 12.8 Å². The van der Waals surface area contributed by atoms with Crippen LogP contribution in [0.4, 0.5) is 0 Å². The number of nitrogens with one attached hydrogen (secondary N) is 1. The van der Waals surface area contributed by atoms with Crippen LogP contribution in [0.1, 0.15) is 54.3 Å². The number of methoxy groups -OCH3 is 1. The summed E-state index contributed by atoms with van der Waals surface area (Å²) >= 11 is 1.81. The fourth-order valence-corrected chi connectivity index (χ4v) is 4.08. The van der Waals surface area contributed by atoms with Crippen LogP contribution in [0, 0.1) is 6.92 Å². The van der Waals surface area contributed by atoms with Gasteiger partial charge in [-0.05, 0) is 31.9 Å². The van der Waals surface area contributed by atoms with E-state index >= 15 is 0 Å². The van der Waals surface area contributed by atoms with Crippen LogP contribution in [0.3, 0.4) is 0 Å². The number of thiophene rings is 1. The maximum absolute atomic E-state index is 5.94. The third-order valence-corrected chi connectivity index (χ3v) is 5.16. The van der Waals surface area contributed by atoms with E-state index in [1.54, 1.807) is 0 Å². The molecule has 0 aromatic carbocycles. The molecule has 102 valence electrons. The van der Waals surface area contributed by atoms with E-state index in [0.29, 0.717) is 0 Å². The van der Waals surface area contributed by atoms with E-state index < -0.39 is 0 Å². The molecule has 3 nitrogen and oxygen atoms in total. The second-order valence-electron chi connectivity index (χ2n) is 5.23. The Morgan fingerprint density at radius 2 is 1.94 bits per heavy atom. The van der Waals surface area contributed by atoms with Crippen LogP contribution in [0.25, 0.3) is 0 Å². The summed E-state index contributed by atoms with van der Waals surface area (Å²) in [4.78, 5) is 2.61. The molecule has 0 bridgehead atoms. The van der Waals surface area contributed by atoms with Crippen molar-refractivity contribution in [3.05, 3.63) is 21.9 Å². The number of hydrogen-bond donors (Lipinski definition) is 2. The quantitative estimate of drug-likeness (QED) is 0.500. The predicted octanol–water partition coefficient (Wildman–Crippen LogP) is 3.30. The van der Waals surface area contributed by atoms with Gasteiger partial charge in [-0.15, -0.1) is 11.3 Å². The lowest BCUT2D eigenvalue weighted by molar-refractivity contribution is -0.0532. The molecule has 0 radical (unpaired) electrons. The van der Waals surface area contributed by atoms with Crippen molar-refractivity contribution in [2.75, 3.05) is 7.11 Å². The van der Waals surface area contributed by atoms with Gasteiger partial charge in [0.15, 0.2) is 0 Å². The van der Waals surface area contributed by atoms with Gasteiger partial charge < -0.3 is 4.74 Å². The van der Waals surface area contributed by atoms with Gasteiger partial charge in [0.1, 0.15) is 0 Å². The minimum Gasteiger partial charge on any atom is -0.376 e. The van der Waals surface area contributed by atoms with E-state index in [2.05, 4.69) is 24.5 Å². The van der Waals surface area contributed by atoms with Gasteiger partial charge in [0.2, 0.25) is 0 Å². The molecule has 3 N–H and O–H groups in total. The number of nitrogens with two attached hydrogens (primary N) is 1. The predicted molar refractivity (Wildman–Crippen MR) is 76.6 cm³/mol. The molecule has 1 aromatic rings. The minimum atomic E-state index is -0.136. The van der Waals surface area contributed by atoms with Crippen molar-refractivity contribution in [2.24, 2.45) is 5.84 Å². The van der Waals surface area contributed by atoms with Gasteiger partial charge in [-0.25, -0.2) is 5.43 Å². The number of rotatable bonds is 4. The van der Waals surface area contributed by atoms with Gasteiger partial charge in [0.05, 0.1) is 11.6 Å². The van der Waals surface area contributed by atoms with E-state index in [4.69, 9.17) is 10.6 Å². The van der Waals surface area contributed by atoms with Crippen molar-refractivity contribution in [2.45, 2.75) is 57.1 Å². The number of hydrogen-bond acceptors (Lipinski definition) is 4. The van der Waals surface area contributed by atoms with Crippen molar-refractivity contribution in [3.8, 4) is 0 Å². The maximum Gasteiger partial charge on any atom is 0.0893 e. The highest BCUT2D eigenvalue weighted by molar-refractivity contribution is 7.12. The summed E-state index contributed by atoms with van der Waals surface area (Å²) < 4.78 is 5.94. The lowest BCUT2D eigenvalue weighted by atomic mass is 9.85. The molecule has 1 unspecified atom stereocenters. The molecular weight excluding hydrogens is 244 g/mol. The summed E-state index contributed by atoms with van der Waals surface area (Å²) in [5, 5.41) is 0. The topological polar surface area (TPSA) is 47.3 Å². The van der Waals surface area contributed by atoms with Crippen LogP contribution in [0.2, 0.25) is 0 Å². The number of aryl methyl sites for hydroxylation is 1. The molecule has 1 saturated carbocycles. The fourth-order valence-electron chi connectivity index (χ4n) is 3.04. The van der Waals surface area contributed by atoms with Crippen molar-refractivity contribution in [1.29, 1.82) is 0 Å². The Morgan fingerprint density at radius 3 is 2.39 bits per heavy atom. The highest BCUT2D eigenvalue weighted by Gasteiger charge is 2.40. The molecule has 0 aliphatic heterocycles. The van der Waals surface area contributed by atoms with Crippen LogP contribution in [0.5, 0.6) is 0 Å². The molecule has 2 rings (SSSR count). The zero-order valence-electron chi connectivity index (χ0n) is 11.4. The SMILES string of the molecule is COC1(C(NN)c2ccc(C)s2)CCCCCC1. The van der Waals surface area contributed by atoms with E-state index in [9.17, 15) is 0 Å². The lowest BCUT2D eigenvalue weighted by Crippen LogP contribution is -2.47. The Balaban J connectivity index is 2.27. The third-order valence-electron chi connectivity index (χ3n) is 4.09. The van der Waals surface area contributed by atoms with Gasteiger partial charge in [0, 0.05) is 16.9 Å². The Bertz CT molecular complexity index is 370. The molecule has 0 amide bonds. The van der Waals surface area contributed by atoms with Crippen LogP contribution in [-0.2, 0) is 4.74 Å². The summed E-state index contributed by atoms with van der Waals surface area (Å²) in [7, 11) is 1.83.